The Labute approximate surface area is 790 Å². The first-order valence-electron chi connectivity index (χ1n) is 35.9. The first-order valence-corrected chi connectivity index (χ1v) is 45.2. The Morgan fingerprint density at radius 3 is 0.585 bits per heavy atom. The van der Waals surface area contributed by atoms with Crippen LogP contribution in [0.25, 0.3) is 0 Å². The molecule has 28 heteroatoms. The molecule has 12 aromatic carbocycles. The van der Waals surface area contributed by atoms with Gasteiger partial charge in [0.15, 0.2) is 23.0 Å². The highest BCUT2D eigenvalue weighted by Crippen LogP contribution is 2.67. The fraction of sp³-hybridized carbons (Fsp3) is 0.200. The molecule has 0 amide bonds. The SMILES string of the molecule is CC(CC(C)(CC(C)(c1cc(Br)c(O)c(Br)c1)c1cc(Br)c(O)c(Br)c1)C(CC(C)(c1cc(Cl)c(O)c(Cl)c1)c1cc(Cl)c(O)c(Cl)c1)(c1ccc(O)cc1)c1ccc(O)cc1)(c1cc(Br)c(O)c(Br)c1)c1cc(Br)c(O)c(Br)c1.CCC(CC(C)(c1cc(Cl)c(O)c(Cl)c1)c1cc(Cl)c(O)c(Cl)c1)(c1ccc(O)cc1)c1ccc(O)cc1. The molecule has 12 aromatic rings. The van der Waals surface area contributed by atoms with Crippen LogP contribution in [0, 0.1) is 5.41 Å². The summed E-state index contributed by atoms with van der Waals surface area (Å²) in [6.45, 7) is 12.4. The second-order valence-electron chi connectivity index (χ2n) is 30.4. The third-order valence-electron chi connectivity index (χ3n) is 23.2. The summed E-state index contributed by atoms with van der Waals surface area (Å²) in [4.78, 5) is 0. The summed E-state index contributed by atoms with van der Waals surface area (Å²) in [5.41, 5.74) is 0.402. The Bertz CT molecular complexity index is 5230. The number of rotatable bonds is 22. The predicted molar refractivity (Wildman–Crippen MR) is 503 cm³/mol. The third kappa shape index (κ3) is 18.1. The zero-order chi connectivity index (χ0) is 86.8. The second kappa shape index (κ2) is 36.3. The maximum atomic E-state index is 11.4. The van der Waals surface area contributed by atoms with E-state index in [1.165, 1.54) is 0 Å². The van der Waals surface area contributed by atoms with Crippen LogP contribution in [0.5, 0.6) is 69.0 Å². The van der Waals surface area contributed by atoms with Crippen LogP contribution in [0.15, 0.2) is 230 Å². The van der Waals surface area contributed by atoms with Gasteiger partial charge >= 0.3 is 0 Å². The van der Waals surface area contributed by atoms with E-state index in [2.05, 4.69) is 155 Å². The molecule has 0 spiro atoms. The molecule has 0 aliphatic carbocycles. The number of hydrogen-bond acceptors (Lipinski definition) is 12. The van der Waals surface area contributed by atoms with Gasteiger partial charge in [-0.1, -0.05) is 183 Å². The maximum absolute atomic E-state index is 11.4. The molecule has 12 rings (SSSR count). The van der Waals surface area contributed by atoms with Crippen molar-refractivity contribution in [3.63, 3.8) is 0 Å². The van der Waals surface area contributed by atoms with Crippen LogP contribution < -0.4 is 0 Å². The van der Waals surface area contributed by atoms with E-state index in [4.69, 9.17) is 92.8 Å². The standard InChI is InChI=1S/C60H46Br8Cl4O8.C30H26Cl4O4/c1-56(25-57(2,30-13-38(61)50(75)39(62)14-30)31-15-40(63)51(76)41(64)16-31,26-58(3,32-17-42(65)52(77)43(66)18-32)33-19-44(67)53(78)45(68)20-33)60(28-5-9-36(73)10-6-28,29-7-11-37(74)12-8-29)27-59(4,34-21-46(69)54(79)47(70)22-34)35-23-48(71)55(80)49(72)24-35;1-3-30(17-4-8-21(35)9-5-17,18-6-10-22(36)11-7-18)16-29(2,19-12-23(31)27(37)24(32)13-19)20-14-25(33)28(38)26(34)15-20/h5-24,73-80H,25-27H2,1-4H3;4-15,35-38H,3,16H2,1-2H3. The average molecular weight is 2270 g/mol. The molecule has 118 heavy (non-hydrogen) atoms. The first kappa shape index (κ1) is 93.1. The van der Waals surface area contributed by atoms with Crippen LogP contribution >= 0.6 is 220 Å². The number of aromatic hydroxyl groups is 12. The molecule has 0 aromatic heterocycles. The van der Waals surface area contributed by atoms with E-state index in [1.54, 1.807) is 97.1 Å². The minimum atomic E-state index is -1.45. The minimum absolute atomic E-state index is 0.0188. The van der Waals surface area contributed by atoms with Gasteiger partial charge in [-0.25, -0.2) is 0 Å². The molecule has 0 unspecified atom stereocenters. The van der Waals surface area contributed by atoms with Gasteiger partial charge < -0.3 is 61.3 Å². The lowest BCUT2D eigenvalue weighted by Crippen LogP contribution is -2.54. The maximum Gasteiger partial charge on any atom is 0.152 e. The van der Waals surface area contributed by atoms with Gasteiger partial charge in [-0.3, -0.25) is 0 Å². The van der Waals surface area contributed by atoms with E-state index in [9.17, 15) is 61.3 Å². The lowest BCUT2D eigenvalue weighted by Gasteiger charge is -2.59. The van der Waals surface area contributed by atoms with Crippen molar-refractivity contribution in [1.29, 1.82) is 0 Å². The van der Waals surface area contributed by atoms with Crippen molar-refractivity contribution in [2.75, 3.05) is 0 Å². The molecular formula is C90H72Br8Cl8O12. The van der Waals surface area contributed by atoms with E-state index in [0.29, 0.717) is 104 Å². The van der Waals surface area contributed by atoms with Crippen molar-refractivity contribution in [2.24, 2.45) is 5.41 Å². The number of phenols is 12. The molecule has 0 fully saturated rings. The van der Waals surface area contributed by atoms with Gasteiger partial charge in [0, 0.05) is 32.5 Å². The van der Waals surface area contributed by atoms with Crippen LogP contribution in [-0.2, 0) is 32.5 Å². The zero-order valence-corrected chi connectivity index (χ0v) is 81.7. The van der Waals surface area contributed by atoms with E-state index < -0.39 is 37.9 Å². The monoisotopic (exact) mass is 2260 g/mol. The lowest BCUT2D eigenvalue weighted by atomic mass is 9.44. The Morgan fingerprint density at radius 2 is 0.390 bits per heavy atom. The van der Waals surface area contributed by atoms with E-state index in [0.717, 1.165) is 11.1 Å². The Hall–Kier alpha value is -5.60. The number of halogens is 16. The largest absolute Gasteiger partial charge is 0.508 e. The fourth-order valence-corrected chi connectivity index (χ4v) is 23.5. The molecule has 0 atom stereocenters. The molecule has 0 radical (unpaired) electrons. The molecule has 0 heterocycles. The quantitative estimate of drug-likeness (QED) is 0.0303. The van der Waals surface area contributed by atoms with Crippen LogP contribution in [-0.4, -0.2) is 61.3 Å². The van der Waals surface area contributed by atoms with Crippen LogP contribution in [0.4, 0.5) is 0 Å². The molecular weight excluding hydrogens is 2200 g/mol. The summed E-state index contributed by atoms with van der Waals surface area (Å²) in [6, 6.07) is 55.8. The van der Waals surface area contributed by atoms with Gasteiger partial charge in [0.25, 0.3) is 0 Å². The van der Waals surface area contributed by atoms with Crippen molar-refractivity contribution in [2.45, 2.75) is 106 Å². The zero-order valence-electron chi connectivity index (χ0n) is 62.9. The highest BCUT2D eigenvalue weighted by molar-refractivity contribution is 9.12. The van der Waals surface area contributed by atoms with Gasteiger partial charge in [-0.2, -0.15) is 0 Å². The van der Waals surface area contributed by atoms with E-state index in [1.807, 2.05) is 111 Å². The minimum Gasteiger partial charge on any atom is -0.508 e. The highest BCUT2D eigenvalue weighted by atomic mass is 79.9. The van der Waals surface area contributed by atoms with Crippen LogP contribution in [0.1, 0.15) is 140 Å². The van der Waals surface area contributed by atoms with Gasteiger partial charge in [-0.05, 0) is 377 Å². The van der Waals surface area contributed by atoms with E-state index in [-0.39, 0.29) is 128 Å². The summed E-state index contributed by atoms with van der Waals surface area (Å²) < 4.78 is 3.05. The summed E-state index contributed by atoms with van der Waals surface area (Å²) in [6.07, 6.45) is 1.38. The number of hydrogen-bond donors (Lipinski definition) is 12. The Balaban J connectivity index is 0.000000299. The summed E-state index contributed by atoms with van der Waals surface area (Å²) in [5, 5.41) is 131. The van der Waals surface area contributed by atoms with Crippen molar-refractivity contribution in [3.05, 3.63) is 337 Å². The summed E-state index contributed by atoms with van der Waals surface area (Å²) in [7, 11) is 0. The van der Waals surface area contributed by atoms with Crippen molar-refractivity contribution < 1.29 is 61.3 Å². The smallest absolute Gasteiger partial charge is 0.152 e. The normalized spacial score (nSPS) is 12.4. The highest BCUT2D eigenvalue weighted by Gasteiger charge is 2.60. The molecule has 12 N–H and O–H groups in total. The van der Waals surface area contributed by atoms with Gasteiger partial charge in [0.1, 0.15) is 46.0 Å². The number of phenolic OH excluding ortho intramolecular Hbond substituents is 12. The van der Waals surface area contributed by atoms with Crippen LogP contribution in [0.2, 0.25) is 40.2 Å². The van der Waals surface area contributed by atoms with Gasteiger partial charge in [0.05, 0.1) is 76.0 Å². The summed E-state index contributed by atoms with van der Waals surface area (Å²) >= 11 is 82.6. The van der Waals surface area contributed by atoms with Crippen molar-refractivity contribution in [3.8, 4) is 69.0 Å². The molecule has 12 nitrogen and oxygen atoms in total. The van der Waals surface area contributed by atoms with Gasteiger partial charge in [-0.15, -0.1) is 0 Å². The average Bonchev–Trinajstić information content (AvgIpc) is 0.694. The Kier molecular flexibility index (Phi) is 28.6. The third-order valence-corrected chi connectivity index (χ3v) is 30.3. The fourth-order valence-electron chi connectivity index (χ4n) is 16.9. The van der Waals surface area contributed by atoms with Crippen molar-refractivity contribution in [1.82, 2.24) is 0 Å². The van der Waals surface area contributed by atoms with E-state index >= 15 is 0 Å². The first-order chi connectivity index (χ1) is 55.2. The second-order valence-corrected chi connectivity index (χ2v) is 40.5. The molecule has 0 bridgehead atoms. The summed E-state index contributed by atoms with van der Waals surface area (Å²) in [5.74, 6) is -1.09. The number of benzene rings is 12. The van der Waals surface area contributed by atoms with Gasteiger partial charge in [0.2, 0.25) is 0 Å². The molecule has 616 valence electrons. The van der Waals surface area contributed by atoms with Crippen molar-refractivity contribution >= 4 is 220 Å². The Morgan fingerprint density at radius 1 is 0.220 bits per heavy atom. The predicted octanol–water partition coefficient (Wildman–Crippen LogP) is 30.7. The molecule has 0 saturated heterocycles. The molecule has 0 aliphatic rings. The molecule has 0 aliphatic heterocycles. The van der Waals surface area contributed by atoms with Crippen LogP contribution in [0.3, 0.4) is 0 Å². The topological polar surface area (TPSA) is 243 Å². The molecule has 0 saturated carbocycles. The lowest BCUT2D eigenvalue weighted by molar-refractivity contribution is 0.0731.